The standard InChI is InChI=1S/C25H22ClN3O4/c1-33-20-12-10-19(11-13-20)27-24(31)16-6-8-18(9-7-16)28-25(32)17-14-23(30)29(15-17)22-5-3-2-4-21(22)26/h2-13,17H,14-15H2,1H3,(H,27,31)(H,28,32)/t17-/m0/s1. The Morgan fingerprint density at radius 3 is 2.24 bits per heavy atom. The summed E-state index contributed by atoms with van der Waals surface area (Å²) < 4.78 is 5.11. The third-order valence-corrected chi connectivity index (χ3v) is 5.72. The fourth-order valence-corrected chi connectivity index (χ4v) is 3.85. The zero-order valence-corrected chi connectivity index (χ0v) is 18.6. The van der Waals surface area contributed by atoms with E-state index in [1.807, 2.05) is 0 Å². The van der Waals surface area contributed by atoms with Gasteiger partial charge in [0.25, 0.3) is 5.91 Å². The highest BCUT2D eigenvalue weighted by atomic mass is 35.5. The molecule has 0 saturated carbocycles. The molecule has 7 nitrogen and oxygen atoms in total. The monoisotopic (exact) mass is 463 g/mol. The van der Waals surface area contributed by atoms with Crippen molar-refractivity contribution in [3.63, 3.8) is 0 Å². The third-order valence-electron chi connectivity index (χ3n) is 5.40. The summed E-state index contributed by atoms with van der Waals surface area (Å²) in [6, 6.07) is 20.7. The summed E-state index contributed by atoms with van der Waals surface area (Å²) >= 11 is 6.20. The molecule has 1 atom stereocenters. The fourth-order valence-electron chi connectivity index (χ4n) is 3.61. The second-order valence-electron chi connectivity index (χ2n) is 7.61. The molecule has 1 aliphatic heterocycles. The largest absolute Gasteiger partial charge is 0.497 e. The summed E-state index contributed by atoms with van der Waals surface area (Å²) in [7, 11) is 1.58. The van der Waals surface area contributed by atoms with E-state index in [0.717, 1.165) is 0 Å². The molecule has 1 aliphatic rings. The van der Waals surface area contributed by atoms with Crippen LogP contribution >= 0.6 is 11.6 Å². The average Bonchev–Trinajstić information content (AvgIpc) is 3.22. The minimum atomic E-state index is -0.494. The van der Waals surface area contributed by atoms with Crippen LogP contribution in [0.15, 0.2) is 72.8 Å². The first-order valence-corrected chi connectivity index (χ1v) is 10.7. The molecule has 1 saturated heterocycles. The number of rotatable bonds is 6. The molecule has 0 spiro atoms. The lowest BCUT2D eigenvalue weighted by molar-refractivity contribution is -0.122. The Bertz CT molecular complexity index is 1180. The van der Waals surface area contributed by atoms with E-state index in [4.69, 9.17) is 16.3 Å². The van der Waals surface area contributed by atoms with E-state index in [2.05, 4.69) is 10.6 Å². The molecule has 0 radical (unpaired) electrons. The van der Waals surface area contributed by atoms with Crippen LogP contribution in [0.1, 0.15) is 16.8 Å². The van der Waals surface area contributed by atoms with Crippen LogP contribution in [0.2, 0.25) is 5.02 Å². The fraction of sp³-hybridized carbons (Fsp3) is 0.160. The van der Waals surface area contributed by atoms with Crippen LogP contribution in [0.25, 0.3) is 0 Å². The summed E-state index contributed by atoms with van der Waals surface area (Å²) in [5, 5.41) is 6.10. The summed E-state index contributed by atoms with van der Waals surface area (Å²) in [6.07, 6.45) is 0.111. The minimum Gasteiger partial charge on any atom is -0.497 e. The van der Waals surface area contributed by atoms with Crippen molar-refractivity contribution in [1.29, 1.82) is 0 Å². The maximum Gasteiger partial charge on any atom is 0.255 e. The number of carbonyl (C=O) groups is 3. The van der Waals surface area contributed by atoms with Gasteiger partial charge in [-0.05, 0) is 60.7 Å². The van der Waals surface area contributed by atoms with Gasteiger partial charge in [0.05, 0.1) is 23.7 Å². The topological polar surface area (TPSA) is 87.7 Å². The number of halogens is 1. The van der Waals surface area contributed by atoms with Gasteiger partial charge in [0.1, 0.15) is 5.75 Å². The number of ether oxygens (including phenoxy) is 1. The highest BCUT2D eigenvalue weighted by Gasteiger charge is 2.35. The molecule has 168 valence electrons. The van der Waals surface area contributed by atoms with Gasteiger partial charge in [0.15, 0.2) is 0 Å². The van der Waals surface area contributed by atoms with E-state index in [1.54, 1.807) is 84.8 Å². The van der Waals surface area contributed by atoms with Crippen LogP contribution in [-0.2, 0) is 9.59 Å². The van der Waals surface area contributed by atoms with Gasteiger partial charge in [0.2, 0.25) is 11.8 Å². The number of methoxy groups -OCH3 is 1. The molecular weight excluding hydrogens is 442 g/mol. The Balaban J connectivity index is 1.35. The smallest absolute Gasteiger partial charge is 0.255 e. The van der Waals surface area contributed by atoms with E-state index < -0.39 is 5.92 Å². The number of anilines is 3. The molecule has 3 aromatic carbocycles. The highest BCUT2D eigenvalue weighted by molar-refractivity contribution is 6.34. The number of amides is 3. The molecule has 2 N–H and O–H groups in total. The Morgan fingerprint density at radius 1 is 0.939 bits per heavy atom. The number of carbonyl (C=O) groups excluding carboxylic acids is 3. The van der Waals surface area contributed by atoms with Crippen LogP contribution in [0.4, 0.5) is 17.1 Å². The zero-order valence-electron chi connectivity index (χ0n) is 17.9. The number of para-hydroxylation sites is 1. The summed E-state index contributed by atoms with van der Waals surface area (Å²) in [6.45, 7) is 0.261. The third kappa shape index (κ3) is 5.15. The molecule has 33 heavy (non-hydrogen) atoms. The Labute approximate surface area is 196 Å². The molecule has 4 rings (SSSR count). The molecule has 0 aliphatic carbocycles. The van der Waals surface area contributed by atoms with Crippen molar-refractivity contribution >= 4 is 46.4 Å². The predicted octanol–water partition coefficient (Wildman–Crippen LogP) is 4.59. The molecule has 0 bridgehead atoms. The first-order chi connectivity index (χ1) is 15.9. The quantitative estimate of drug-likeness (QED) is 0.559. The van der Waals surface area contributed by atoms with Crippen LogP contribution in [-0.4, -0.2) is 31.4 Å². The minimum absolute atomic E-state index is 0.111. The van der Waals surface area contributed by atoms with E-state index in [-0.39, 0.29) is 30.7 Å². The molecule has 1 fully saturated rings. The van der Waals surface area contributed by atoms with E-state index in [9.17, 15) is 14.4 Å². The number of nitrogens with zero attached hydrogens (tertiary/aromatic N) is 1. The highest BCUT2D eigenvalue weighted by Crippen LogP contribution is 2.31. The maximum absolute atomic E-state index is 12.7. The zero-order chi connectivity index (χ0) is 23.4. The van der Waals surface area contributed by atoms with E-state index in [0.29, 0.717) is 33.4 Å². The van der Waals surface area contributed by atoms with Crippen LogP contribution in [0.5, 0.6) is 5.75 Å². The summed E-state index contributed by atoms with van der Waals surface area (Å²) in [5.74, 6) is -0.462. The Kier molecular flexibility index (Phi) is 6.60. The first kappa shape index (κ1) is 22.4. The maximum atomic E-state index is 12.7. The SMILES string of the molecule is COc1ccc(NC(=O)c2ccc(NC(=O)[C@H]3CC(=O)N(c4ccccc4Cl)C3)cc2)cc1. The summed E-state index contributed by atoms with van der Waals surface area (Å²) in [5.41, 5.74) is 2.24. The van der Waals surface area contributed by atoms with Gasteiger partial charge < -0.3 is 20.3 Å². The molecule has 0 aromatic heterocycles. The molecule has 3 amide bonds. The van der Waals surface area contributed by atoms with E-state index in [1.165, 1.54) is 0 Å². The molecular formula is C25H22ClN3O4. The van der Waals surface area contributed by atoms with Gasteiger partial charge >= 0.3 is 0 Å². The van der Waals surface area contributed by atoms with Crippen molar-refractivity contribution in [2.45, 2.75) is 6.42 Å². The Morgan fingerprint density at radius 2 is 1.58 bits per heavy atom. The Hall–Kier alpha value is -3.84. The van der Waals surface area contributed by atoms with Crippen molar-refractivity contribution < 1.29 is 19.1 Å². The first-order valence-electron chi connectivity index (χ1n) is 10.4. The van der Waals surface area contributed by atoms with Gasteiger partial charge in [-0.15, -0.1) is 0 Å². The average molecular weight is 464 g/mol. The number of nitrogens with one attached hydrogen (secondary N) is 2. The molecule has 1 heterocycles. The lowest BCUT2D eigenvalue weighted by atomic mass is 10.1. The lowest BCUT2D eigenvalue weighted by Crippen LogP contribution is -2.28. The van der Waals surface area contributed by atoms with Crippen LogP contribution in [0.3, 0.4) is 0 Å². The lowest BCUT2D eigenvalue weighted by Gasteiger charge is -2.18. The number of benzene rings is 3. The van der Waals surface area contributed by atoms with Crippen molar-refractivity contribution in [2.75, 3.05) is 29.2 Å². The van der Waals surface area contributed by atoms with Crippen LogP contribution < -0.4 is 20.3 Å². The van der Waals surface area contributed by atoms with Gasteiger partial charge in [-0.25, -0.2) is 0 Å². The van der Waals surface area contributed by atoms with Crippen molar-refractivity contribution in [1.82, 2.24) is 0 Å². The van der Waals surface area contributed by atoms with Gasteiger partial charge in [0, 0.05) is 29.9 Å². The molecule has 3 aromatic rings. The number of hydrogen-bond donors (Lipinski definition) is 2. The van der Waals surface area contributed by atoms with Gasteiger partial charge in [-0.2, -0.15) is 0 Å². The van der Waals surface area contributed by atoms with Gasteiger partial charge in [-0.3, -0.25) is 14.4 Å². The normalized spacial score (nSPS) is 15.3. The van der Waals surface area contributed by atoms with Crippen molar-refractivity contribution in [2.24, 2.45) is 5.92 Å². The second-order valence-corrected chi connectivity index (χ2v) is 8.01. The van der Waals surface area contributed by atoms with Gasteiger partial charge in [-0.1, -0.05) is 23.7 Å². The van der Waals surface area contributed by atoms with Crippen molar-refractivity contribution in [3.05, 3.63) is 83.4 Å². The second kappa shape index (κ2) is 9.75. The predicted molar refractivity (Wildman–Crippen MR) is 128 cm³/mol. The number of hydrogen-bond acceptors (Lipinski definition) is 4. The molecule has 8 heteroatoms. The summed E-state index contributed by atoms with van der Waals surface area (Å²) in [4.78, 5) is 39.2. The van der Waals surface area contributed by atoms with E-state index >= 15 is 0 Å². The van der Waals surface area contributed by atoms with Crippen molar-refractivity contribution in [3.8, 4) is 5.75 Å². The molecule has 0 unspecified atom stereocenters. The van der Waals surface area contributed by atoms with Crippen LogP contribution in [0, 0.1) is 5.92 Å².